The third-order valence-corrected chi connectivity index (χ3v) is 6.55. The van der Waals surface area contributed by atoms with Gasteiger partial charge in [-0.1, -0.05) is 0 Å². The molecule has 0 aromatic carbocycles. The molecule has 0 bridgehead atoms. The Bertz CT molecular complexity index is 971. The van der Waals surface area contributed by atoms with Crippen molar-refractivity contribution in [2.75, 3.05) is 41.3 Å². The van der Waals surface area contributed by atoms with Crippen molar-refractivity contribution in [1.29, 1.82) is 0 Å². The number of rotatable bonds is 6. The zero-order valence-electron chi connectivity index (χ0n) is 17.0. The maximum atomic E-state index is 3.29. The largest absolute Gasteiger partial charge is 0.353 e. The van der Waals surface area contributed by atoms with E-state index in [2.05, 4.69) is 89.9 Å². The van der Waals surface area contributed by atoms with Gasteiger partial charge >= 0.3 is 0 Å². The lowest BCUT2D eigenvalue weighted by molar-refractivity contribution is 0.414. The first-order valence-corrected chi connectivity index (χ1v) is 11.1. The molecule has 4 rings (SSSR count). The fourth-order valence-electron chi connectivity index (χ4n) is 3.18. The molecule has 0 spiro atoms. The molecule has 0 aliphatic rings. The van der Waals surface area contributed by atoms with Crippen LogP contribution in [0.1, 0.15) is 11.1 Å². The number of fused-ring (bicyclic) bond motifs is 2. The maximum Gasteiger partial charge on any atom is 0.102 e. The van der Waals surface area contributed by atoms with E-state index in [0.717, 1.165) is 25.9 Å². The lowest BCUT2D eigenvalue weighted by Gasteiger charge is -2.07. The lowest BCUT2D eigenvalue weighted by atomic mass is 10.2. The van der Waals surface area contributed by atoms with E-state index in [1.807, 2.05) is 11.3 Å². The number of aromatic amines is 1. The monoisotopic (exact) mass is 402 g/mol. The van der Waals surface area contributed by atoms with E-state index in [-0.39, 0.29) is 0 Å². The lowest BCUT2D eigenvalue weighted by Crippen LogP contribution is -2.14. The summed E-state index contributed by atoms with van der Waals surface area (Å²) >= 11 is 3.59. The van der Waals surface area contributed by atoms with Crippen LogP contribution in [0.3, 0.4) is 0 Å². The molecular formula is C21H30N4S2. The Labute approximate surface area is 170 Å². The number of hydrogen-bond donors (Lipinski definition) is 1. The first-order valence-electron chi connectivity index (χ1n) is 9.30. The molecule has 4 nitrogen and oxygen atoms in total. The van der Waals surface area contributed by atoms with Crippen molar-refractivity contribution >= 4 is 43.1 Å². The van der Waals surface area contributed by atoms with Crippen LogP contribution in [-0.4, -0.2) is 60.6 Å². The predicted molar refractivity (Wildman–Crippen MR) is 121 cm³/mol. The standard InChI is InChI=1S/C11H16N2S.C10H14N2S/c1-12(2)6-4-9-8-13(3)11-10(9)5-7-14-11;1-12(2)5-3-8-7-11-10-9(8)4-6-13-10/h5,7-8H,4,6H2,1-3H3;4,6-7,11H,3,5H2,1-2H3. The summed E-state index contributed by atoms with van der Waals surface area (Å²) in [5.74, 6) is 0. The number of nitrogens with one attached hydrogen (secondary N) is 1. The van der Waals surface area contributed by atoms with Gasteiger partial charge in [0.2, 0.25) is 0 Å². The summed E-state index contributed by atoms with van der Waals surface area (Å²) < 4.78 is 2.23. The van der Waals surface area contributed by atoms with Gasteiger partial charge in [0.15, 0.2) is 0 Å². The van der Waals surface area contributed by atoms with E-state index < -0.39 is 0 Å². The number of H-pyrrole nitrogens is 1. The molecule has 4 heterocycles. The Balaban J connectivity index is 0.000000156. The highest BCUT2D eigenvalue weighted by atomic mass is 32.1. The number of aryl methyl sites for hydroxylation is 1. The van der Waals surface area contributed by atoms with Crippen LogP contribution in [0.25, 0.3) is 20.4 Å². The van der Waals surface area contributed by atoms with Crippen molar-refractivity contribution in [3.8, 4) is 0 Å². The predicted octanol–water partition coefficient (Wildman–Crippen LogP) is 4.68. The van der Waals surface area contributed by atoms with Gasteiger partial charge in [0.1, 0.15) is 4.83 Å². The third-order valence-electron chi connectivity index (χ3n) is 4.71. The van der Waals surface area contributed by atoms with Crippen LogP contribution in [0.5, 0.6) is 0 Å². The first-order chi connectivity index (χ1) is 13.0. The minimum atomic E-state index is 1.11. The van der Waals surface area contributed by atoms with Gasteiger partial charge in [-0.15, -0.1) is 22.7 Å². The van der Waals surface area contributed by atoms with Crippen molar-refractivity contribution in [3.05, 3.63) is 46.4 Å². The van der Waals surface area contributed by atoms with Crippen molar-refractivity contribution in [2.24, 2.45) is 7.05 Å². The molecule has 4 aromatic rings. The van der Waals surface area contributed by atoms with Gasteiger partial charge < -0.3 is 19.4 Å². The van der Waals surface area contributed by atoms with Gasteiger partial charge in [0.05, 0.1) is 4.83 Å². The second-order valence-corrected chi connectivity index (χ2v) is 9.30. The van der Waals surface area contributed by atoms with Crippen molar-refractivity contribution in [1.82, 2.24) is 19.4 Å². The zero-order chi connectivity index (χ0) is 19.4. The second kappa shape index (κ2) is 9.06. The molecule has 0 amide bonds. The minimum Gasteiger partial charge on any atom is -0.353 e. The highest BCUT2D eigenvalue weighted by Crippen LogP contribution is 2.26. The number of aromatic nitrogens is 2. The number of thiophene rings is 2. The molecule has 146 valence electrons. The second-order valence-electron chi connectivity index (χ2n) is 7.49. The van der Waals surface area contributed by atoms with Gasteiger partial charge in [-0.05, 0) is 75.1 Å². The van der Waals surface area contributed by atoms with Crippen LogP contribution in [0.4, 0.5) is 0 Å². The fourth-order valence-corrected chi connectivity index (χ4v) is 4.85. The molecule has 0 saturated heterocycles. The molecule has 4 aromatic heterocycles. The van der Waals surface area contributed by atoms with E-state index >= 15 is 0 Å². The van der Waals surface area contributed by atoms with E-state index in [1.165, 1.54) is 31.6 Å². The molecule has 0 saturated carbocycles. The van der Waals surface area contributed by atoms with Crippen molar-refractivity contribution in [3.63, 3.8) is 0 Å². The number of hydrogen-bond acceptors (Lipinski definition) is 4. The maximum absolute atomic E-state index is 3.29. The molecule has 0 atom stereocenters. The van der Waals surface area contributed by atoms with Crippen LogP contribution in [0.2, 0.25) is 0 Å². The van der Waals surface area contributed by atoms with Gasteiger partial charge in [-0.25, -0.2) is 0 Å². The van der Waals surface area contributed by atoms with Gasteiger partial charge in [0.25, 0.3) is 0 Å². The van der Waals surface area contributed by atoms with Crippen molar-refractivity contribution in [2.45, 2.75) is 12.8 Å². The molecule has 0 aliphatic carbocycles. The quantitative estimate of drug-likeness (QED) is 0.507. The minimum absolute atomic E-state index is 1.11. The van der Waals surface area contributed by atoms with E-state index in [1.54, 1.807) is 11.3 Å². The van der Waals surface area contributed by atoms with Crippen LogP contribution >= 0.6 is 22.7 Å². The van der Waals surface area contributed by atoms with Gasteiger partial charge in [-0.3, -0.25) is 0 Å². The highest BCUT2D eigenvalue weighted by Gasteiger charge is 2.07. The Morgan fingerprint density at radius 3 is 2.22 bits per heavy atom. The Hall–Kier alpha value is -1.60. The summed E-state index contributed by atoms with van der Waals surface area (Å²) in [6.45, 7) is 2.23. The third kappa shape index (κ3) is 5.02. The van der Waals surface area contributed by atoms with E-state index in [9.17, 15) is 0 Å². The SMILES string of the molecule is CN(C)CCc1c[nH]c2sccc12.CN(C)CCc1cn(C)c2sccc12. The number of likely N-dealkylation sites (N-methyl/N-ethyl adjacent to an activating group) is 2. The first kappa shape index (κ1) is 20.1. The Morgan fingerprint density at radius 2 is 1.52 bits per heavy atom. The normalized spacial score (nSPS) is 11.7. The van der Waals surface area contributed by atoms with Crippen molar-refractivity contribution < 1.29 is 0 Å². The average Bonchev–Trinajstić information content (AvgIpc) is 3.36. The van der Waals surface area contributed by atoms with E-state index in [4.69, 9.17) is 0 Å². The van der Waals surface area contributed by atoms with E-state index in [0.29, 0.717) is 0 Å². The summed E-state index contributed by atoms with van der Waals surface area (Å²) in [5.41, 5.74) is 2.90. The molecule has 27 heavy (non-hydrogen) atoms. The topological polar surface area (TPSA) is 27.2 Å². The molecule has 0 aliphatic heterocycles. The summed E-state index contributed by atoms with van der Waals surface area (Å²) in [4.78, 5) is 10.4. The highest BCUT2D eigenvalue weighted by molar-refractivity contribution is 7.17. The molecule has 6 heteroatoms. The fraction of sp³-hybridized carbons (Fsp3) is 0.429. The zero-order valence-corrected chi connectivity index (χ0v) is 18.6. The molecule has 1 N–H and O–H groups in total. The summed E-state index contributed by atoms with van der Waals surface area (Å²) in [6, 6.07) is 4.42. The number of nitrogens with zero attached hydrogens (tertiary/aromatic N) is 3. The van der Waals surface area contributed by atoms with Crippen LogP contribution < -0.4 is 0 Å². The smallest absolute Gasteiger partial charge is 0.102 e. The summed E-state index contributed by atoms with van der Waals surface area (Å²) in [5, 5.41) is 7.13. The molecular weight excluding hydrogens is 372 g/mol. The summed E-state index contributed by atoms with van der Waals surface area (Å²) in [7, 11) is 10.6. The van der Waals surface area contributed by atoms with Crippen LogP contribution in [0.15, 0.2) is 35.3 Å². The Kier molecular flexibility index (Phi) is 6.76. The van der Waals surface area contributed by atoms with Gasteiger partial charge in [-0.2, -0.15) is 0 Å². The molecule has 0 radical (unpaired) electrons. The molecule has 0 unspecified atom stereocenters. The van der Waals surface area contributed by atoms with Crippen LogP contribution in [0, 0.1) is 0 Å². The molecule has 0 fully saturated rings. The van der Waals surface area contributed by atoms with Crippen LogP contribution in [-0.2, 0) is 19.9 Å². The average molecular weight is 403 g/mol. The summed E-state index contributed by atoms with van der Waals surface area (Å²) in [6.07, 6.45) is 6.65. The van der Waals surface area contributed by atoms with Gasteiger partial charge in [0, 0.05) is 43.3 Å². The Morgan fingerprint density at radius 1 is 0.889 bits per heavy atom.